The summed E-state index contributed by atoms with van der Waals surface area (Å²) in [6.45, 7) is 1.21. The van der Waals surface area contributed by atoms with Crippen molar-refractivity contribution < 1.29 is 19.0 Å². The predicted molar refractivity (Wildman–Crippen MR) is 77.1 cm³/mol. The molecule has 0 heterocycles. The van der Waals surface area contributed by atoms with Crippen LogP contribution in [0.4, 0.5) is 8.78 Å². The molecule has 0 aliphatic carbocycles. The Morgan fingerprint density at radius 3 is 2.00 bits per heavy atom. The minimum atomic E-state index is -0.920. The van der Waals surface area contributed by atoms with Crippen molar-refractivity contribution in [3.05, 3.63) is 70.8 Å². The van der Waals surface area contributed by atoms with Gasteiger partial charge in [-0.25, -0.2) is 8.78 Å². The molecule has 0 saturated carbocycles. The molecule has 0 bridgehead atoms. The number of halogens is 2. The number of hydrogen-bond donors (Lipinski definition) is 2. The van der Waals surface area contributed by atoms with Gasteiger partial charge in [0.1, 0.15) is 11.6 Å². The number of hydrogen-bond acceptors (Lipinski definition) is 2. The molecule has 4 heteroatoms. The van der Waals surface area contributed by atoms with Crippen LogP contribution in [0.15, 0.2) is 42.5 Å². The highest BCUT2D eigenvalue weighted by atomic mass is 19.1. The maximum atomic E-state index is 13.2. The molecular formula is C17H18F2O2. The van der Waals surface area contributed by atoms with E-state index in [0.717, 1.165) is 11.1 Å². The quantitative estimate of drug-likeness (QED) is 0.889. The van der Waals surface area contributed by atoms with Gasteiger partial charge in [-0.3, -0.25) is 0 Å². The van der Waals surface area contributed by atoms with Crippen LogP contribution >= 0.6 is 0 Å². The van der Waals surface area contributed by atoms with Crippen molar-refractivity contribution in [1.82, 2.24) is 0 Å². The maximum absolute atomic E-state index is 13.2. The average Bonchev–Trinajstić information content (AvgIpc) is 2.48. The zero-order valence-electron chi connectivity index (χ0n) is 11.8. The van der Waals surface area contributed by atoms with Crippen LogP contribution in [0.25, 0.3) is 0 Å². The van der Waals surface area contributed by atoms with Gasteiger partial charge in [0.2, 0.25) is 0 Å². The highest BCUT2D eigenvalue weighted by Gasteiger charge is 2.32. The molecule has 2 N–H and O–H groups in total. The third-order valence-electron chi connectivity index (χ3n) is 3.90. The van der Waals surface area contributed by atoms with Crippen LogP contribution in [0.3, 0.4) is 0 Å². The summed E-state index contributed by atoms with van der Waals surface area (Å²) in [4.78, 5) is 0. The van der Waals surface area contributed by atoms with Crippen LogP contribution in [0.1, 0.15) is 16.7 Å². The second kappa shape index (κ2) is 6.33. The van der Waals surface area contributed by atoms with E-state index in [1.54, 1.807) is 25.1 Å². The molecule has 0 aliphatic rings. The van der Waals surface area contributed by atoms with Gasteiger partial charge in [-0.15, -0.1) is 0 Å². The van der Waals surface area contributed by atoms with E-state index in [1.165, 1.54) is 24.3 Å². The summed E-state index contributed by atoms with van der Waals surface area (Å²) in [5.41, 5.74) is 1.32. The molecule has 0 amide bonds. The Morgan fingerprint density at radius 2 is 1.48 bits per heavy atom. The third-order valence-corrected chi connectivity index (χ3v) is 3.90. The normalized spacial score (nSPS) is 11.7. The largest absolute Gasteiger partial charge is 0.395 e. The first-order valence-corrected chi connectivity index (χ1v) is 6.73. The first-order chi connectivity index (χ1) is 10.0. The van der Waals surface area contributed by atoms with Crippen molar-refractivity contribution in [2.24, 2.45) is 0 Å². The monoisotopic (exact) mass is 292 g/mol. The van der Waals surface area contributed by atoms with Gasteiger partial charge in [-0.05, 0) is 54.3 Å². The molecule has 0 aliphatic heterocycles. The van der Waals surface area contributed by atoms with Crippen LogP contribution in [-0.4, -0.2) is 23.4 Å². The highest BCUT2D eigenvalue weighted by Crippen LogP contribution is 2.29. The SMILES string of the molecule is Cc1cc(F)ccc1CC(CO)(CO)c1ccc(F)cc1. The van der Waals surface area contributed by atoms with Crippen molar-refractivity contribution in [3.8, 4) is 0 Å². The third kappa shape index (κ3) is 3.28. The average molecular weight is 292 g/mol. The molecule has 2 rings (SSSR count). The zero-order valence-corrected chi connectivity index (χ0v) is 11.8. The minimum Gasteiger partial charge on any atom is -0.395 e. The van der Waals surface area contributed by atoms with Gasteiger partial charge in [-0.2, -0.15) is 0 Å². The summed E-state index contributed by atoms with van der Waals surface area (Å²) < 4.78 is 26.2. The molecule has 112 valence electrons. The molecule has 2 aromatic carbocycles. The molecular weight excluding hydrogens is 274 g/mol. The topological polar surface area (TPSA) is 40.5 Å². The second-order valence-electron chi connectivity index (χ2n) is 5.35. The maximum Gasteiger partial charge on any atom is 0.123 e. The number of aliphatic hydroxyl groups is 2. The lowest BCUT2D eigenvalue weighted by atomic mass is 9.76. The highest BCUT2D eigenvalue weighted by molar-refractivity contribution is 5.34. The lowest BCUT2D eigenvalue weighted by molar-refractivity contribution is 0.116. The molecule has 0 unspecified atom stereocenters. The van der Waals surface area contributed by atoms with Gasteiger partial charge < -0.3 is 10.2 Å². The molecule has 0 saturated heterocycles. The van der Waals surface area contributed by atoms with Crippen LogP contribution < -0.4 is 0 Å². The molecule has 0 fully saturated rings. The summed E-state index contributed by atoms with van der Waals surface area (Å²) in [7, 11) is 0. The molecule has 0 aromatic heterocycles. The van der Waals surface area contributed by atoms with Crippen LogP contribution in [0.5, 0.6) is 0 Å². The van der Waals surface area contributed by atoms with E-state index in [2.05, 4.69) is 0 Å². The van der Waals surface area contributed by atoms with Crippen molar-refractivity contribution >= 4 is 0 Å². The summed E-state index contributed by atoms with van der Waals surface area (Å²) in [6, 6.07) is 10.1. The number of aryl methyl sites for hydroxylation is 1. The van der Waals surface area contributed by atoms with Gasteiger partial charge in [0.15, 0.2) is 0 Å². The summed E-state index contributed by atoms with van der Waals surface area (Å²) >= 11 is 0. The Bertz CT molecular complexity index is 605. The Kier molecular flexibility index (Phi) is 4.70. The van der Waals surface area contributed by atoms with E-state index < -0.39 is 5.41 Å². The summed E-state index contributed by atoms with van der Waals surface area (Å²) in [5, 5.41) is 19.6. The molecule has 0 spiro atoms. The Labute approximate surface area is 122 Å². The first-order valence-electron chi connectivity index (χ1n) is 6.73. The van der Waals surface area contributed by atoms with Crippen molar-refractivity contribution in [2.75, 3.05) is 13.2 Å². The van der Waals surface area contributed by atoms with Crippen LogP contribution in [0, 0.1) is 18.6 Å². The van der Waals surface area contributed by atoms with Gasteiger partial charge in [0.25, 0.3) is 0 Å². The Hall–Kier alpha value is -1.78. The number of rotatable bonds is 5. The van der Waals surface area contributed by atoms with Gasteiger partial charge in [0, 0.05) is 5.41 Å². The standard InChI is InChI=1S/C17H18F2O2/c1-12-8-16(19)5-2-13(12)9-17(10-20,11-21)14-3-6-15(18)7-4-14/h2-8,20-21H,9-11H2,1H3. The van der Waals surface area contributed by atoms with Gasteiger partial charge in [0.05, 0.1) is 13.2 Å². The molecule has 21 heavy (non-hydrogen) atoms. The minimum absolute atomic E-state index is 0.286. The lowest BCUT2D eigenvalue weighted by Gasteiger charge is -2.31. The second-order valence-corrected chi connectivity index (χ2v) is 5.35. The summed E-state index contributed by atoms with van der Waals surface area (Å²) in [5.74, 6) is -0.696. The Morgan fingerprint density at radius 1 is 0.905 bits per heavy atom. The molecule has 0 radical (unpaired) electrons. The zero-order chi connectivity index (χ0) is 15.5. The van der Waals surface area contributed by atoms with Gasteiger partial charge >= 0.3 is 0 Å². The van der Waals surface area contributed by atoms with Crippen molar-refractivity contribution in [2.45, 2.75) is 18.8 Å². The Balaban J connectivity index is 2.40. The van der Waals surface area contributed by atoms with E-state index in [9.17, 15) is 19.0 Å². The number of benzene rings is 2. The molecule has 2 aromatic rings. The van der Waals surface area contributed by atoms with E-state index in [4.69, 9.17) is 0 Å². The first kappa shape index (κ1) is 15.6. The fourth-order valence-corrected chi connectivity index (χ4v) is 2.47. The van der Waals surface area contributed by atoms with Gasteiger partial charge in [-0.1, -0.05) is 18.2 Å². The summed E-state index contributed by atoms with van der Waals surface area (Å²) in [6.07, 6.45) is 0.345. The number of aliphatic hydroxyl groups excluding tert-OH is 2. The lowest BCUT2D eigenvalue weighted by Crippen LogP contribution is -2.37. The predicted octanol–water partition coefficient (Wildman–Crippen LogP) is 2.74. The van der Waals surface area contributed by atoms with Crippen molar-refractivity contribution in [3.63, 3.8) is 0 Å². The van der Waals surface area contributed by atoms with Crippen LogP contribution in [-0.2, 0) is 11.8 Å². The molecule has 0 atom stereocenters. The molecule has 2 nitrogen and oxygen atoms in total. The van der Waals surface area contributed by atoms with Crippen molar-refractivity contribution in [1.29, 1.82) is 0 Å². The fourth-order valence-electron chi connectivity index (χ4n) is 2.47. The van der Waals surface area contributed by atoms with E-state index in [0.29, 0.717) is 12.0 Å². The van der Waals surface area contributed by atoms with E-state index >= 15 is 0 Å². The van der Waals surface area contributed by atoms with E-state index in [-0.39, 0.29) is 24.8 Å². The van der Waals surface area contributed by atoms with Crippen LogP contribution in [0.2, 0.25) is 0 Å². The van der Waals surface area contributed by atoms with E-state index in [1.807, 2.05) is 0 Å². The fraction of sp³-hybridized carbons (Fsp3) is 0.294. The smallest absolute Gasteiger partial charge is 0.123 e.